The number of aromatic nitrogens is 5. The van der Waals surface area contributed by atoms with Crippen LogP contribution in [0.15, 0.2) is 30.7 Å². The van der Waals surface area contributed by atoms with Gasteiger partial charge in [-0.1, -0.05) is 18.9 Å². The third-order valence-electron chi connectivity index (χ3n) is 4.54. The van der Waals surface area contributed by atoms with Crippen LogP contribution >= 0.6 is 0 Å². The van der Waals surface area contributed by atoms with E-state index in [4.69, 9.17) is 0 Å². The Labute approximate surface area is 135 Å². The van der Waals surface area contributed by atoms with E-state index in [0.29, 0.717) is 6.04 Å². The number of pyridine rings is 1. The van der Waals surface area contributed by atoms with Gasteiger partial charge in [0.2, 0.25) is 0 Å². The fourth-order valence-corrected chi connectivity index (χ4v) is 3.44. The van der Waals surface area contributed by atoms with E-state index in [1.165, 1.54) is 25.7 Å². The fraction of sp³-hybridized carbons (Fsp3) is 0.412. The first-order valence-electron chi connectivity index (χ1n) is 8.14. The van der Waals surface area contributed by atoms with Gasteiger partial charge in [-0.25, -0.2) is 9.97 Å². The molecule has 1 saturated carbocycles. The van der Waals surface area contributed by atoms with Crippen LogP contribution in [0.3, 0.4) is 0 Å². The number of aromatic amines is 1. The Morgan fingerprint density at radius 2 is 2.09 bits per heavy atom. The van der Waals surface area contributed by atoms with E-state index in [1.807, 2.05) is 19.2 Å². The monoisotopic (exact) mass is 308 g/mol. The van der Waals surface area contributed by atoms with E-state index in [2.05, 4.69) is 42.2 Å². The van der Waals surface area contributed by atoms with Gasteiger partial charge in [0.1, 0.15) is 12.1 Å². The van der Waals surface area contributed by atoms with Gasteiger partial charge in [0.15, 0.2) is 5.65 Å². The second-order valence-corrected chi connectivity index (χ2v) is 6.17. The van der Waals surface area contributed by atoms with Gasteiger partial charge in [0.25, 0.3) is 0 Å². The zero-order valence-electron chi connectivity index (χ0n) is 13.2. The highest BCUT2D eigenvalue weighted by molar-refractivity contribution is 5.86. The summed E-state index contributed by atoms with van der Waals surface area (Å²) >= 11 is 0. The molecule has 1 aliphatic rings. The predicted octanol–water partition coefficient (Wildman–Crippen LogP) is 3.01. The summed E-state index contributed by atoms with van der Waals surface area (Å²) in [5.41, 5.74) is 2.91. The van der Waals surface area contributed by atoms with Crippen molar-refractivity contribution in [2.45, 2.75) is 45.2 Å². The molecule has 0 aliphatic heterocycles. The van der Waals surface area contributed by atoms with Gasteiger partial charge < -0.3 is 4.90 Å². The number of nitrogens with one attached hydrogen (secondary N) is 1. The van der Waals surface area contributed by atoms with Gasteiger partial charge in [-0.3, -0.25) is 10.1 Å². The molecule has 0 bridgehead atoms. The number of fused-ring (bicyclic) bond motifs is 1. The van der Waals surface area contributed by atoms with E-state index in [9.17, 15) is 0 Å². The highest BCUT2D eigenvalue weighted by Crippen LogP contribution is 2.31. The average molecular weight is 308 g/mol. The minimum absolute atomic E-state index is 0.505. The van der Waals surface area contributed by atoms with E-state index < -0.39 is 0 Å². The van der Waals surface area contributed by atoms with Crippen LogP contribution in [0.25, 0.3) is 11.0 Å². The lowest BCUT2D eigenvalue weighted by Crippen LogP contribution is -2.34. The molecule has 3 heterocycles. The molecule has 118 valence electrons. The van der Waals surface area contributed by atoms with Crippen molar-refractivity contribution >= 4 is 16.9 Å². The van der Waals surface area contributed by atoms with Gasteiger partial charge >= 0.3 is 0 Å². The minimum atomic E-state index is 0.505. The Bertz CT molecular complexity index is 805. The second-order valence-electron chi connectivity index (χ2n) is 6.17. The quantitative estimate of drug-likeness (QED) is 0.802. The summed E-state index contributed by atoms with van der Waals surface area (Å²) in [7, 11) is 0. The maximum Gasteiger partial charge on any atom is 0.160 e. The molecule has 6 nitrogen and oxygen atoms in total. The summed E-state index contributed by atoms with van der Waals surface area (Å²) in [6.07, 6.45) is 8.39. The van der Waals surface area contributed by atoms with Crippen molar-refractivity contribution in [3.63, 3.8) is 0 Å². The van der Waals surface area contributed by atoms with Gasteiger partial charge in [-0.2, -0.15) is 5.10 Å². The lowest BCUT2D eigenvalue weighted by molar-refractivity contribution is 0.594. The normalized spacial score (nSPS) is 15.3. The molecule has 0 radical (unpaired) electrons. The lowest BCUT2D eigenvalue weighted by Gasteiger charge is -2.30. The molecule has 3 aromatic heterocycles. The Kier molecular flexibility index (Phi) is 3.65. The van der Waals surface area contributed by atoms with Crippen LogP contribution in [-0.2, 0) is 6.54 Å². The smallest absolute Gasteiger partial charge is 0.160 e. The van der Waals surface area contributed by atoms with E-state index in [-0.39, 0.29) is 0 Å². The highest BCUT2D eigenvalue weighted by Gasteiger charge is 2.26. The number of nitrogens with zero attached hydrogens (tertiary/aromatic N) is 5. The molecular weight excluding hydrogens is 288 g/mol. The summed E-state index contributed by atoms with van der Waals surface area (Å²) in [4.78, 5) is 15.9. The average Bonchev–Trinajstić information content (AvgIpc) is 3.23. The molecule has 3 aromatic rings. The second kappa shape index (κ2) is 5.95. The van der Waals surface area contributed by atoms with E-state index in [0.717, 1.165) is 34.8 Å². The first-order valence-corrected chi connectivity index (χ1v) is 8.14. The first-order chi connectivity index (χ1) is 11.3. The molecule has 0 aromatic carbocycles. The molecule has 23 heavy (non-hydrogen) atoms. The molecule has 1 N–H and O–H groups in total. The molecule has 6 heteroatoms. The largest absolute Gasteiger partial charge is 0.347 e. The molecule has 0 saturated heterocycles. The summed E-state index contributed by atoms with van der Waals surface area (Å²) in [6.45, 7) is 2.80. The van der Waals surface area contributed by atoms with Crippen LogP contribution in [-0.4, -0.2) is 31.2 Å². The predicted molar refractivity (Wildman–Crippen MR) is 89.1 cm³/mol. The Morgan fingerprint density at radius 3 is 2.91 bits per heavy atom. The number of H-pyrrole nitrogens is 1. The molecule has 4 rings (SSSR count). The number of anilines is 1. The third-order valence-corrected chi connectivity index (χ3v) is 4.54. The van der Waals surface area contributed by atoms with E-state index in [1.54, 1.807) is 6.33 Å². The lowest BCUT2D eigenvalue weighted by atomic mass is 10.1. The van der Waals surface area contributed by atoms with Gasteiger partial charge in [-0.15, -0.1) is 0 Å². The Hall–Kier alpha value is -2.50. The summed E-state index contributed by atoms with van der Waals surface area (Å²) < 4.78 is 0. The maximum atomic E-state index is 4.67. The number of rotatable bonds is 4. The maximum absolute atomic E-state index is 4.67. The van der Waals surface area contributed by atoms with Crippen LogP contribution in [0, 0.1) is 6.92 Å². The van der Waals surface area contributed by atoms with Crippen LogP contribution < -0.4 is 4.90 Å². The summed E-state index contributed by atoms with van der Waals surface area (Å²) in [5.74, 6) is 0.957. The van der Waals surface area contributed by atoms with E-state index >= 15 is 0 Å². The molecular formula is C17H20N6. The molecule has 0 spiro atoms. The zero-order chi connectivity index (χ0) is 15.6. The SMILES string of the molecule is Cc1cccc(CN(c2ncnc3[nH]ncc23)C2CCCC2)n1. The van der Waals surface area contributed by atoms with Crippen molar-refractivity contribution in [1.82, 2.24) is 25.1 Å². The highest BCUT2D eigenvalue weighted by atomic mass is 15.2. The van der Waals surface area contributed by atoms with Crippen molar-refractivity contribution in [3.05, 3.63) is 42.1 Å². The van der Waals surface area contributed by atoms with Crippen molar-refractivity contribution in [2.75, 3.05) is 4.90 Å². The molecule has 1 fully saturated rings. The topological polar surface area (TPSA) is 70.6 Å². The molecule has 0 amide bonds. The molecule has 0 atom stereocenters. The number of aryl methyl sites for hydroxylation is 1. The van der Waals surface area contributed by atoms with Crippen molar-refractivity contribution in [3.8, 4) is 0 Å². The molecule has 1 aliphatic carbocycles. The number of hydrogen-bond donors (Lipinski definition) is 1. The summed E-state index contributed by atoms with van der Waals surface area (Å²) in [6, 6.07) is 6.69. The van der Waals surface area contributed by atoms with Crippen molar-refractivity contribution in [2.24, 2.45) is 0 Å². The standard InChI is InChI=1S/C17H20N6/c1-12-5-4-6-13(21-12)10-23(14-7-2-3-8-14)17-15-9-20-22-16(15)18-11-19-17/h4-6,9,11,14H,2-3,7-8,10H2,1H3,(H,18,19,20,22). The number of hydrogen-bond acceptors (Lipinski definition) is 5. The van der Waals surface area contributed by atoms with Gasteiger partial charge in [0.05, 0.1) is 23.8 Å². The first kappa shape index (κ1) is 14.1. The Balaban J connectivity index is 1.74. The zero-order valence-corrected chi connectivity index (χ0v) is 13.2. The Morgan fingerprint density at radius 1 is 1.22 bits per heavy atom. The van der Waals surface area contributed by atoms with Crippen LogP contribution in [0.4, 0.5) is 5.82 Å². The van der Waals surface area contributed by atoms with Gasteiger partial charge in [0, 0.05) is 11.7 Å². The van der Waals surface area contributed by atoms with Crippen LogP contribution in [0.2, 0.25) is 0 Å². The summed E-state index contributed by atoms with van der Waals surface area (Å²) in [5, 5.41) is 8.04. The van der Waals surface area contributed by atoms with Crippen molar-refractivity contribution < 1.29 is 0 Å². The van der Waals surface area contributed by atoms with Crippen LogP contribution in [0.5, 0.6) is 0 Å². The van der Waals surface area contributed by atoms with Crippen molar-refractivity contribution in [1.29, 1.82) is 0 Å². The minimum Gasteiger partial charge on any atom is -0.347 e. The van der Waals surface area contributed by atoms with Crippen LogP contribution in [0.1, 0.15) is 37.1 Å². The fourth-order valence-electron chi connectivity index (χ4n) is 3.44. The van der Waals surface area contributed by atoms with Gasteiger partial charge in [-0.05, 0) is 31.9 Å². The molecule has 0 unspecified atom stereocenters. The third kappa shape index (κ3) is 2.76.